The molecule has 2 saturated heterocycles. The Morgan fingerprint density at radius 1 is 1.25 bits per heavy atom. The predicted molar refractivity (Wildman–Crippen MR) is 113 cm³/mol. The molecule has 1 aromatic carbocycles. The Labute approximate surface area is 169 Å². The number of piperidine rings is 1. The van der Waals surface area contributed by atoms with Gasteiger partial charge in [-0.2, -0.15) is 0 Å². The highest BCUT2D eigenvalue weighted by Crippen LogP contribution is 2.34. The lowest BCUT2D eigenvalue weighted by Gasteiger charge is -2.33. The third kappa shape index (κ3) is 4.57. The highest BCUT2D eigenvalue weighted by atomic mass is 16.2. The van der Waals surface area contributed by atoms with Crippen LogP contribution in [0.15, 0.2) is 24.3 Å². The summed E-state index contributed by atoms with van der Waals surface area (Å²) in [5.41, 5.74) is 2.19. The molecule has 2 unspecified atom stereocenters. The van der Waals surface area contributed by atoms with Gasteiger partial charge in [-0.15, -0.1) is 0 Å². The molecule has 0 aromatic heterocycles. The molecular weight excluding hydrogens is 350 g/mol. The van der Waals surface area contributed by atoms with Gasteiger partial charge in [-0.3, -0.25) is 9.59 Å². The molecule has 2 aliphatic rings. The van der Waals surface area contributed by atoms with Crippen molar-refractivity contribution >= 4 is 17.5 Å². The number of carbonyl (C=O) groups is 2. The average Bonchev–Trinajstić information content (AvgIpc) is 3.13. The quantitative estimate of drug-likeness (QED) is 0.783. The van der Waals surface area contributed by atoms with E-state index in [2.05, 4.69) is 25.2 Å². The third-order valence-corrected chi connectivity index (χ3v) is 6.57. The number of nitrogens with one attached hydrogen (secondary N) is 1. The molecule has 2 atom stereocenters. The maximum absolute atomic E-state index is 13.1. The zero-order valence-electron chi connectivity index (χ0n) is 17.6. The van der Waals surface area contributed by atoms with Crippen LogP contribution in [0.5, 0.6) is 0 Å². The summed E-state index contributed by atoms with van der Waals surface area (Å²) in [7, 11) is 1.99. The van der Waals surface area contributed by atoms with Crippen LogP contribution in [0.3, 0.4) is 0 Å². The Bertz CT molecular complexity index is 682. The lowest BCUT2D eigenvalue weighted by Crippen LogP contribution is -2.42. The van der Waals surface area contributed by atoms with E-state index in [1.807, 2.05) is 35.0 Å². The zero-order valence-corrected chi connectivity index (χ0v) is 17.6. The molecule has 154 valence electrons. The standard InChI is InChI=1S/C23H35N3O2/c1-4-17(2)20-7-5-6-8-21(20)26-16-19(15-22(26)27)23(28)25-13-10-18(11-14-25)9-12-24-3/h5-8,17-19,24H,4,9-16H2,1-3H3. The monoisotopic (exact) mass is 385 g/mol. The summed E-state index contributed by atoms with van der Waals surface area (Å²) in [5.74, 6) is 1.16. The molecule has 28 heavy (non-hydrogen) atoms. The number of likely N-dealkylation sites (tertiary alicyclic amines) is 1. The number of benzene rings is 1. The molecule has 2 heterocycles. The maximum Gasteiger partial charge on any atom is 0.228 e. The van der Waals surface area contributed by atoms with Gasteiger partial charge in [0.05, 0.1) is 5.92 Å². The van der Waals surface area contributed by atoms with Gasteiger partial charge in [0.25, 0.3) is 0 Å². The van der Waals surface area contributed by atoms with Gasteiger partial charge in [0.2, 0.25) is 11.8 Å². The minimum atomic E-state index is -0.202. The largest absolute Gasteiger partial charge is 0.342 e. The van der Waals surface area contributed by atoms with Gasteiger partial charge in [0.15, 0.2) is 0 Å². The van der Waals surface area contributed by atoms with Gasteiger partial charge in [0.1, 0.15) is 0 Å². The summed E-state index contributed by atoms with van der Waals surface area (Å²) in [4.78, 5) is 29.7. The summed E-state index contributed by atoms with van der Waals surface area (Å²) in [6.45, 7) is 7.59. The summed E-state index contributed by atoms with van der Waals surface area (Å²) >= 11 is 0. The Hall–Kier alpha value is -1.88. The van der Waals surface area contributed by atoms with E-state index in [0.717, 1.165) is 44.6 Å². The number of hydrogen-bond acceptors (Lipinski definition) is 3. The van der Waals surface area contributed by atoms with Crippen LogP contribution in [-0.4, -0.2) is 49.9 Å². The number of amides is 2. The van der Waals surface area contributed by atoms with E-state index in [4.69, 9.17) is 0 Å². The molecule has 0 radical (unpaired) electrons. The molecule has 0 bridgehead atoms. The fraction of sp³-hybridized carbons (Fsp3) is 0.652. The number of rotatable bonds is 7. The molecule has 0 spiro atoms. The van der Waals surface area contributed by atoms with Crippen LogP contribution < -0.4 is 10.2 Å². The van der Waals surface area contributed by atoms with Crippen molar-refractivity contribution in [3.05, 3.63) is 29.8 Å². The molecule has 5 nitrogen and oxygen atoms in total. The second-order valence-corrected chi connectivity index (χ2v) is 8.43. The maximum atomic E-state index is 13.1. The van der Waals surface area contributed by atoms with Crippen LogP contribution in [0.1, 0.15) is 57.4 Å². The van der Waals surface area contributed by atoms with Gasteiger partial charge in [-0.25, -0.2) is 0 Å². The highest BCUT2D eigenvalue weighted by Gasteiger charge is 2.38. The van der Waals surface area contributed by atoms with E-state index in [-0.39, 0.29) is 17.7 Å². The first-order valence-electron chi connectivity index (χ1n) is 10.9. The first kappa shape index (κ1) is 20.8. The number of hydrogen-bond donors (Lipinski definition) is 1. The Balaban J connectivity index is 1.63. The first-order valence-corrected chi connectivity index (χ1v) is 10.9. The molecule has 2 amide bonds. The topological polar surface area (TPSA) is 52.7 Å². The highest BCUT2D eigenvalue weighted by molar-refractivity contribution is 6.00. The molecule has 1 N–H and O–H groups in total. The average molecular weight is 386 g/mol. The molecule has 3 rings (SSSR count). The van der Waals surface area contributed by atoms with Crippen molar-refractivity contribution in [1.82, 2.24) is 10.2 Å². The Morgan fingerprint density at radius 2 is 1.96 bits per heavy atom. The van der Waals surface area contributed by atoms with Gasteiger partial charge < -0.3 is 15.1 Å². The summed E-state index contributed by atoms with van der Waals surface area (Å²) < 4.78 is 0. The van der Waals surface area contributed by atoms with Crippen LogP contribution >= 0.6 is 0 Å². The second-order valence-electron chi connectivity index (χ2n) is 8.43. The van der Waals surface area contributed by atoms with Crippen molar-refractivity contribution in [3.63, 3.8) is 0 Å². The van der Waals surface area contributed by atoms with Crippen molar-refractivity contribution in [2.24, 2.45) is 11.8 Å². The predicted octanol–water partition coefficient (Wildman–Crippen LogP) is 3.40. The summed E-state index contributed by atoms with van der Waals surface area (Å²) in [5, 5.41) is 3.21. The molecule has 1 aromatic rings. The molecule has 2 aliphatic heterocycles. The third-order valence-electron chi connectivity index (χ3n) is 6.57. The minimum absolute atomic E-state index is 0.0815. The van der Waals surface area contributed by atoms with E-state index in [1.54, 1.807) is 0 Å². The normalized spacial score (nSPS) is 22.0. The van der Waals surface area contributed by atoms with Crippen LogP contribution in [0.4, 0.5) is 5.69 Å². The van der Waals surface area contributed by atoms with Crippen molar-refractivity contribution in [2.45, 2.75) is 51.9 Å². The van der Waals surface area contributed by atoms with E-state index >= 15 is 0 Å². The van der Waals surface area contributed by atoms with Crippen molar-refractivity contribution in [3.8, 4) is 0 Å². The van der Waals surface area contributed by atoms with Gasteiger partial charge in [-0.05, 0) is 62.7 Å². The lowest BCUT2D eigenvalue weighted by molar-refractivity contribution is -0.137. The number of carbonyl (C=O) groups excluding carboxylic acids is 2. The fourth-order valence-corrected chi connectivity index (χ4v) is 4.52. The van der Waals surface area contributed by atoms with E-state index in [9.17, 15) is 9.59 Å². The van der Waals surface area contributed by atoms with E-state index < -0.39 is 0 Å². The fourth-order valence-electron chi connectivity index (χ4n) is 4.52. The van der Waals surface area contributed by atoms with Crippen LogP contribution in [0.2, 0.25) is 0 Å². The molecule has 0 saturated carbocycles. The van der Waals surface area contributed by atoms with E-state index in [0.29, 0.717) is 24.8 Å². The second kappa shape index (κ2) is 9.55. The molecule has 0 aliphatic carbocycles. The van der Waals surface area contributed by atoms with Crippen molar-refractivity contribution in [1.29, 1.82) is 0 Å². The zero-order chi connectivity index (χ0) is 20.1. The summed E-state index contributed by atoms with van der Waals surface area (Å²) in [6.07, 6.45) is 4.71. The number of para-hydroxylation sites is 1. The lowest BCUT2D eigenvalue weighted by atomic mass is 9.92. The van der Waals surface area contributed by atoms with Crippen molar-refractivity contribution in [2.75, 3.05) is 38.1 Å². The molecule has 2 fully saturated rings. The van der Waals surface area contributed by atoms with E-state index in [1.165, 1.54) is 12.0 Å². The SMILES string of the molecule is CCC(C)c1ccccc1N1CC(C(=O)N2CCC(CCNC)CC2)CC1=O. The van der Waals surface area contributed by atoms with Crippen LogP contribution in [0, 0.1) is 11.8 Å². The smallest absolute Gasteiger partial charge is 0.228 e. The number of anilines is 1. The van der Waals surface area contributed by atoms with Crippen LogP contribution in [-0.2, 0) is 9.59 Å². The van der Waals surface area contributed by atoms with Gasteiger partial charge in [-0.1, -0.05) is 32.0 Å². The molecular formula is C23H35N3O2. The Kier molecular flexibility index (Phi) is 7.11. The van der Waals surface area contributed by atoms with Gasteiger partial charge >= 0.3 is 0 Å². The minimum Gasteiger partial charge on any atom is -0.342 e. The number of nitrogens with zero attached hydrogens (tertiary/aromatic N) is 2. The van der Waals surface area contributed by atoms with Gasteiger partial charge in [0, 0.05) is 31.7 Å². The summed E-state index contributed by atoms with van der Waals surface area (Å²) in [6, 6.07) is 8.16. The first-order chi connectivity index (χ1) is 13.5. The van der Waals surface area contributed by atoms with Crippen LogP contribution in [0.25, 0.3) is 0 Å². The molecule has 5 heteroatoms. The Morgan fingerprint density at radius 3 is 2.64 bits per heavy atom. The van der Waals surface area contributed by atoms with Crippen molar-refractivity contribution < 1.29 is 9.59 Å².